The van der Waals surface area contributed by atoms with E-state index >= 15 is 0 Å². The molecule has 2 fully saturated rings. The Morgan fingerprint density at radius 3 is 2.72 bits per heavy atom. The summed E-state index contributed by atoms with van der Waals surface area (Å²) in [6, 6.07) is -0.0450. The van der Waals surface area contributed by atoms with Gasteiger partial charge in [0.25, 0.3) is 0 Å². The van der Waals surface area contributed by atoms with Crippen LogP contribution in [0.25, 0.3) is 0 Å². The Balaban J connectivity index is 1.58. The number of amides is 3. The van der Waals surface area contributed by atoms with E-state index in [1.165, 1.54) is 11.8 Å². The average Bonchev–Trinajstić information content (AvgIpc) is 3.38. The summed E-state index contributed by atoms with van der Waals surface area (Å²) in [5.41, 5.74) is 0. The van der Waals surface area contributed by atoms with Crippen LogP contribution in [0.1, 0.15) is 32.2 Å². The molecular weight excluding hydrogens is 344 g/mol. The second kappa shape index (κ2) is 8.52. The largest absolute Gasteiger partial charge is 0.378 e. The fourth-order valence-corrected chi connectivity index (χ4v) is 3.38. The molecule has 2 heterocycles. The van der Waals surface area contributed by atoms with E-state index in [4.69, 9.17) is 4.74 Å². The first-order valence-corrected chi connectivity index (χ1v) is 9.65. The standard InChI is InChI=1S/C15H24N6O3S/c1-2-5-16-13(23)17-12(22)10-25-15-19-18-14(21(15)11-3-4-11)20-6-8-24-9-7-20/h11H,2-10H2,1H3,(H2,16,17,22,23). The maximum Gasteiger partial charge on any atom is 0.321 e. The zero-order valence-corrected chi connectivity index (χ0v) is 15.2. The van der Waals surface area contributed by atoms with E-state index < -0.39 is 6.03 Å². The first kappa shape index (κ1) is 18.0. The van der Waals surface area contributed by atoms with E-state index in [1.807, 2.05) is 6.92 Å². The highest BCUT2D eigenvalue weighted by molar-refractivity contribution is 7.99. The fraction of sp³-hybridized carbons (Fsp3) is 0.733. The maximum absolute atomic E-state index is 11.9. The molecule has 1 aromatic rings. The number of carbonyl (C=O) groups is 2. The molecule has 1 aliphatic heterocycles. The summed E-state index contributed by atoms with van der Waals surface area (Å²) in [5.74, 6) is 0.652. The summed E-state index contributed by atoms with van der Waals surface area (Å²) < 4.78 is 7.52. The Morgan fingerprint density at radius 1 is 1.28 bits per heavy atom. The highest BCUT2D eigenvalue weighted by atomic mass is 32.2. The number of urea groups is 1. The fourth-order valence-electron chi connectivity index (χ4n) is 2.57. The molecule has 10 heteroatoms. The number of nitrogens with one attached hydrogen (secondary N) is 2. The van der Waals surface area contributed by atoms with Gasteiger partial charge in [0, 0.05) is 25.7 Å². The SMILES string of the molecule is CCCNC(=O)NC(=O)CSc1nnc(N2CCOCC2)n1C1CC1. The van der Waals surface area contributed by atoms with Crippen LogP contribution in [0.2, 0.25) is 0 Å². The lowest BCUT2D eigenvalue weighted by Gasteiger charge is -2.27. The van der Waals surface area contributed by atoms with E-state index in [1.54, 1.807) is 0 Å². The van der Waals surface area contributed by atoms with Crippen LogP contribution in [0.3, 0.4) is 0 Å². The predicted octanol–water partition coefficient (Wildman–Crippen LogP) is 0.777. The van der Waals surface area contributed by atoms with E-state index in [2.05, 4.69) is 30.3 Å². The molecule has 0 radical (unpaired) electrons. The normalized spacial score (nSPS) is 17.4. The van der Waals surface area contributed by atoms with Crippen LogP contribution in [-0.4, -0.2) is 65.3 Å². The molecule has 2 aliphatic rings. The highest BCUT2D eigenvalue weighted by Gasteiger charge is 2.32. The minimum Gasteiger partial charge on any atom is -0.378 e. The number of rotatable bonds is 7. The van der Waals surface area contributed by atoms with Gasteiger partial charge in [0.05, 0.1) is 19.0 Å². The van der Waals surface area contributed by atoms with E-state index in [9.17, 15) is 9.59 Å². The van der Waals surface area contributed by atoms with Gasteiger partial charge in [-0.3, -0.25) is 14.7 Å². The van der Waals surface area contributed by atoms with Gasteiger partial charge >= 0.3 is 6.03 Å². The van der Waals surface area contributed by atoms with Crippen molar-refractivity contribution >= 4 is 29.6 Å². The van der Waals surface area contributed by atoms with Crippen molar-refractivity contribution in [2.75, 3.05) is 43.5 Å². The molecule has 0 bridgehead atoms. The Bertz CT molecular complexity index is 612. The molecule has 1 aliphatic carbocycles. The molecule has 1 saturated carbocycles. The minimum atomic E-state index is -0.454. The van der Waals surface area contributed by atoms with Crippen molar-refractivity contribution < 1.29 is 14.3 Å². The molecule has 0 unspecified atom stereocenters. The van der Waals surface area contributed by atoms with Gasteiger partial charge in [-0.05, 0) is 19.3 Å². The van der Waals surface area contributed by atoms with Crippen molar-refractivity contribution in [2.24, 2.45) is 0 Å². The second-order valence-electron chi connectivity index (χ2n) is 6.08. The number of hydrogen-bond acceptors (Lipinski definition) is 7. The molecule has 3 amide bonds. The zero-order valence-electron chi connectivity index (χ0n) is 14.4. The molecule has 25 heavy (non-hydrogen) atoms. The van der Waals surface area contributed by atoms with Crippen molar-refractivity contribution in [1.29, 1.82) is 0 Å². The number of carbonyl (C=O) groups excluding carboxylic acids is 2. The van der Waals surface area contributed by atoms with Crippen LogP contribution in [0, 0.1) is 0 Å². The number of anilines is 1. The summed E-state index contributed by atoms with van der Waals surface area (Å²) in [7, 11) is 0. The molecule has 1 saturated heterocycles. The molecule has 9 nitrogen and oxygen atoms in total. The molecular formula is C15H24N6O3S. The lowest BCUT2D eigenvalue weighted by Crippen LogP contribution is -2.40. The minimum absolute atomic E-state index is 0.132. The third-order valence-corrected chi connectivity index (χ3v) is 4.92. The summed E-state index contributed by atoms with van der Waals surface area (Å²) >= 11 is 1.31. The summed E-state index contributed by atoms with van der Waals surface area (Å²) in [6.45, 7) is 5.48. The second-order valence-corrected chi connectivity index (χ2v) is 7.02. The Morgan fingerprint density at radius 2 is 2.04 bits per heavy atom. The topological polar surface area (TPSA) is 101 Å². The highest BCUT2D eigenvalue weighted by Crippen LogP contribution is 2.40. The average molecular weight is 368 g/mol. The summed E-state index contributed by atoms with van der Waals surface area (Å²) in [4.78, 5) is 25.6. The van der Waals surface area contributed by atoms with Crippen molar-refractivity contribution in [3.8, 4) is 0 Å². The molecule has 0 aromatic carbocycles. The Hall–Kier alpha value is -1.81. The van der Waals surface area contributed by atoms with Crippen LogP contribution >= 0.6 is 11.8 Å². The lowest BCUT2D eigenvalue weighted by atomic mass is 10.4. The molecule has 2 N–H and O–H groups in total. The quantitative estimate of drug-likeness (QED) is 0.686. The third-order valence-electron chi connectivity index (χ3n) is 3.97. The zero-order chi connectivity index (χ0) is 17.6. The van der Waals surface area contributed by atoms with Crippen LogP contribution in [-0.2, 0) is 9.53 Å². The number of ether oxygens (including phenoxy) is 1. The Kier molecular flexibility index (Phi) is 6.14. The van der Waals surface area contributed by atoms with Crippen LogP contribution in [0.4, 0.5) is 10.7 Å². The molecule has 1 aromatic heterocycles. The summed E-state index contributed by atoms with van der Waals surface area (Å²) in [6.07, 6.45) is 3.04. The van der Waals surface area contributed by atoms with E-state index in [0.717, 1.165) is 43.5 Å². The van der Waals surface area contributed by atoms with E-state index in [0.29, 0.717) is 25.8 Å². The van der Waals surface area contributed by atoms with Crippen molar-refractivity contribution in [3.05, 3.63) is 0 Å². The van der Waals surface area contributed by atoms with Gasteiger partial charge in [-0.2, -0.15) is 0 Å². The van der Waals surface area contributed by atoms with Crippen molar-refractivity contribution in [2.45, 2.75) is 37.4 Å². The number of nitrogens with zero attached hydrogens (tertiary/aromatic N) is 4. The number of hydrogen-bond donors (Lipinski definition) is 2. The maximum atomic E-state index is 11.9. The number of aromatic nitrogens is 3. The monoisotopic (exact) mass is 368 g/mol. The molecule has 3 rings (SSSR count). The predicted molar refractivity (Wildman–Crippen MR) is 93.9 cm³/mol. The van der Waals surface area contributed by atoms with Gasteiger partial charge in [0.1, 0.15) is 0 Å². The van der Waals surface area contributed by atoms with Gasteiger partial charge in [-0.1, -0.05) is 18.7 Å². The first-order valence-electron chi connectivity index (χ1n) is 8.67. The van der Waals surface area contributed by atoms with E-state index in [-0.39, 0.29) is 11.7 Å². The summed E-state index contributed by atoms with van der Waals surface area (Å²) in [5, 5.41) is 14.3. The van der Waals surface area contributed by atoms with Crippen molar-refractivity contribution in [3.63, 3.8) is 0 Å². The number of thioether (sulfide) groups is 1. The van der Waals surface area contributed by atoms with Crippen molar-refractivity contribution in [1.82, 2.24) is 25.4 Å². The number of morpholine rings is 1. The lowest BCUT2D eigenvalue weighted by molar-refractivity contribution is -0.117. The van der Waals surface area contributed by atoms with Gasteiger partial charge in [-0.15, -0.1) is 10.2 Å². The van der Waals surface area contributed by atoms with Gasteiger partial charge in [0.15, 0.2) is 5.16 Å². The van der Waals surface area contributed by atoms with Crippen LogP contribution in [0.15, 0.2) is 5.16 Å². The first-order chi connectivity index (χ1) is 12.2. The van der Waals surface area contributed by atoms with Crippen LogP contribution < -0.4 is 15.5 Å². The third kappa shape index (κ3) is 4.85. The van der Waals surface area contributed by atoms with Gasteiger partial charge in [-0.25, -0.2) is 4.79 Å². The smallest absolute Gasteiger partial charge is 0.321 e. The number of imide groups is 1. The van der Waals surface area contributed by atoms with Gasteiger partial charge < -0.3 is 15.0 Å². The van der Waals surface area contributed by atoms with Crippen LogP contribution in [0.5, 0.6) is 0 Å². The molecule has 0 spiro atoms. The van der Waals surface area contributed by atoms with Gasteiger partial charge in [0.2, 0.25) is 11.9 Å². The molecule has 138 valence electrons. The Labute approximate surface area is 150 Å². The molecule has 0 atom stereocenters.